The van der Waals surface area contributed by atoms with Crippen LogP contribution in [0, 0.1) is 0 Å². The Morgan fingerprint density at radius 3 is 2.62 bits per heavy atom. The summed E-state index contributed by atoms with van der Waals surface area (Å²) in [4.78, 5) is 25.2. The second-order valence-corrected chi connectivity index (χ2v) is 7.13. The lowest BCUT2D eigenvalue weighted by atomic mass is 9.94. The zero-order chi connectivity index (χ0) is 15.2. The topological polar surface area (TPSA) is 69.6 Å². The molecule has 2 N–H and O–H groups in total. The first-order valence-corrected chi connectivity index (χ1v) is 9.22. The van der Waals surface area contributed by atoms with E-state index in [1.807, 2.05) is 11.8 Å². The van der Waals surface area contributed by atoms with Crippen LogP contribution in [0.1, 0.15) is 51.4 Å². The van der Waals surface area contributed by atoms with Gasteiger partial charge in [0, 0.05) is 23.9 Å². The largest absolute Gasteiger partial charge is 0.481 e. The lowest BCUT2D eigenvalue weighted by Crippen LogP contribution is -2.54. The number of carbonyl (C=O) groups excluding carboxylic acids is 1. The van der Waals surface area contributed by atoms with Crippen LogP contribution in [0.2, 0.25) is 0 Å². The second kappa shape index (κ2) is 7.92. The van der Waals surface area contributed by atoms with E-state index in [-0.39, 0.29) is 24.5 Å². The van der Waals surface area contributed by atoms with Gasteiger partial charge in [-0.2, -0.15) is 11.8 Å². The molecule has 1 heterocycles. The summed E-state index contributed by atoms with van der Waals surface area (Å²) in [6.45, 7) is 0.681. The molecule has 2 aliphatic rings. The summed E-state index contributed by atoms with van der Waals surface area (Å²) >= 11 is 1.83. The van der Waals surface area contributed by atoms with Crippen LogP contribution in [0.5, 0.6) is 0 Å². The van der Waals surface area contributed by atoms with Gasteiger partial charge in [-0.1, -0.05) is 12.8 Å². The molecule has 0 radical (unpaired) electrons. The van der Waals surface area contributed by atoms with Gasteiger partial charge in [-0.25, -0.2) is 4.79 Å². The number of nitrogens with zero attached hydrogens (tertiary/aromatic N) is 1. The number of piperidine rings is 1. The molecule has 1 saturated heterocycles. The molecule has 1 aliphatic heterocycles. The monoisotopic (exact) mass is 314 g/mol. The van der Waals surface area contributed by atoms with Crippen LogP contribution in [-0.2, 0) is 4.79 Å². The van der Waals surface area contributed by atoms with Crippen molar-refractivity contribution >= 4 is 23.8 Å². The Kier molecular flexibility index (Phi) is 6.21. The molecule has 1 aliphatic carbocycles. The van der Waals surface area contributed by atoms with Gasteiger partial charge in [-0.05, 0) is 38.4 Å². The molecule has 2 rings (SSSR count). The molecule has 0 bridgehead atoms. The number of rotatable bonds is 4. The minimum Gasteiger partial charge on any atom is -0.481 e. The van der Waals surface area contributed by atoms with Crippen LogP contribution in [0.3, 0.4) is 0 Å². The van der Waals surface area contributed by atoms with Gasteiger partial charge in [-0.15, -0.1) is 0 Å². The normalized spacial score (nSPS) is 30.0. The summed E-state index contributed by atoms with van der Waals surface area (Å²) in [6.07, 6.45) is 9.55. The fourth-order valence-electron chi connectivity index (χ4n) is 3.47. The van der Waals surface area contributed by atoms with Crippen molar-refractivity contribution in [1.29, 1.82) is 0 Å². The van der Waals surface area contributed by atoms with Crippen molar-refractivity contribution in [3.8, 4) is 0 Å². The van der Waals surface area contributed by atoms with E-state index in [2.05, 4.69) is 11.6 Å². The predicted molar refractivity (Wildman–Crippen MR) is 84.7 cm³/mol. The molecular weight excluding hydrogens is 288 g/mol. The number of urea groups is 1. The van der Waals surface area contributed by atoms with Gasteiger partial charge >= 0.3 is 12.0 Å². The maximum atomic E-state index is 12.5. The number of carboxylic acids is 1. The van der Waals surface area contributed by atoms with Crippen molar-refractivity contribution < 1.29 is 14.7 Å². The third-order valence-electron chi connectivity index (χ3n) is 4.61. The molecule has 3 atom stereocenters. The number of aliphatic carboxylic acids is 1. The fraction of sp³-hybridized carbons (Fsp3) is 0.867. The molecule has 0 aromatic rings. The van der Waals surface area contributed by atoms with Gasteiger partial charge < -0.3 is 15.3 Å². The quantitative estimate of drug-likeness (QED) is 0.837. The van der Waals surface area contributed by atoms with Crippen LogP contribution >= 0.6 is 11.8 Å². The highest BCUT2D eigenvalue weighted by molar-refractivity contribution is 7.99. The van der Waals surface area contributed by atoms with Crippen LogP contribution in [0.25, 0.3) is 0 Å². The lowest BCUT2D eigenvalue weighted by Gasteiger charge is -2.38. The van der Waals surface area contributed by atoms with E-state index in [9.17, 15) is 9.59 Å². The first-order chi connectivity index (χ1) is 10.1. The third kappa shape index (κ3) is 4.53. The van der Waals surface area contributed by atoms with Crippen molar-refractivity contribution in [2.45, 2.75) is 68.7 Å². The highest BCUT2D eigenvalue weighted by atomic mass is 32.2. The molecule has 2 amide bonds. The number of hydrogen-bond acceptors (Lipinski definition) is 3. The number of likely N-dealkylation sites (tertiary alicyclic amines) is 1. The van der Waals surface area contributed by atoms with Gasteiger partial charge in [-0.3, -0.25) is 4.79 Å². The molecule has 120 valence electrons. The van der Waals surface area contributed by atoms with E-state index >= 15 is 0 Å². The van der Waals surface area contributed by atoms with Crippen molar-refractivity contribution in [3.05, 3.63) is 0 Å². The molecule has 3 unspecified atom stereocenters. The molecule has 0 aromatic heterocycles. The Labute approximate surface area is 130 Å². The maximum absolute atomic E-state index is 12.5. The van der Waals surface area contributed by atoms with Gasteiger partial charge in [0.2, 0.25) is 0 Å². The Balaban J connectivity index is 1.94. The summed E-state index contributed by atoms with van der Waals surface area (Å²) in [5.41, 5.74) is 0. The number of carboxylic acid groups (broad SMARTS) is 1. The van der Waals surface area contributed by atoms with Crippen molar-refractivity contribution in [1.82, 2.24) is 10.2 Å². The van der Waals surface area contributed by atoms with E-state index in [4.69, 9.17) is 5.11 Å². The zero-order valence-electron chi connectivity index (χ0n) is 12.7. The van der Waals surface area contributed by atoms with Crippen molar-refractivity contribution in [2.24, 2.45) is 0 Å². The van der Waals surface area contributed by atoms with Gasteiger partial charge in [0.15, 0.2) is 0 Å². The Bertz CT molecular complexity index is 378. The number of amides is 2. The molecule has 5 nitrogen and oxygen atoms in total. The minimum absolute atomic E-state index is 0.0596. The molecule has 6 heteroatoms. The van der Waals surface area contributed by atoms with E-state index in [0.717, 1.165) is 32.1 Å². The predicted octanol–water partition coefficient (Wildman–Crippen LogP) is 2.70. The first-order valence-electron chi connectivity index (χ1n) is 7.93. The van der Waals surface area contributed by atoms with E-state index in [1.54, 1.807) is 4.90 Å². The average molecular weight is 314 g/mol. The summed E-state index contributed by atoms with van der Waals surface area (Å²) in [6, 6.07) is 0.0214. The van der Waals surface area contributed by atoms with Crippen LogP contribution in [0.15, 0.2) is 0 Å². The smallest absolute Gasteiger partial charge is 0.317 e. The van der Waals surface area contributed by atoms with E-state index < -0.39 is 5.97 Å². The average Bonchev–Trinajstić information content (AvgIpc) is 2.47. The summed E-state index contributed by atoms with van der Waals surface area (Å²) < 4.78 is 0. The van der Waals surface area contributed by atoms with Crippen molar-refractivity contribution in [2.75, 3.05) is 12.8 Å². The lowest BCUT2D eigenvalue weighted by molar-refractivity contribution is -0.138. The summed E-state index contributed by atoms with van der Waals surface area (Å²) in [5.74, 6) is -0.820. The standard InChI is InChI=1S/C15H26N2O3S/c1-21-13-8-3-2-7-12(13)16-15(20)17-9-5-4-6-11(17)10-14(18)19/h11-13H,2-10H2,1H3,(H,16,20)(H,18,19). The van der Waals surface area contributed by atoms with Crippen LogP contribution in [-0.4, -0.2) is 52.1 Å². The molecule has 0 spiro atoms. The van der Waals surface area contributed by atoms with Gasteiger partial charge in [0.25, 0.3) is 0 Å². The van der Waals surface area contributed by atoms with Crippen LogP contribution < -0.4 is 5.32 Å². The summed E-state index contributed by atoms with van der Waals surface area (Å²) in [7, 11) is 0. The molecule has 0 aromatic carbocycles. The Hall–Kier alpha value is -0.910. The Morgan fingerprint density at radius 2 is 1.90 bits per heavy atom. The zero-order valence-corrected chi connectivity index (χ0v) is 13.5. The number of carbonyl (C=O) groups is 2. The number of nitrogens with one attached hydrogen (secondary N) is 1. The van der Waals surface area contributed by atoms with E-state index in [1.165, 1.54) is 12.8 Å². The highest BCUT2D eigenvalue weighted by Gasteiger charge is 2.32. The Morgan fingerprint density at radius 1 is 1.19 bits per heavy atom. The first kappa shape index (κ1) is 16.5. The van der Waals surface area contributed by atoms with Crippen LogP contribution in [0.4, 0.5) is 4.79 Å². The summed E-state index contributed by atoms with van der Waals surface area (Å²) in [5, 5.41) is 12.7. The minimum atomic E-state index is -0.820. The fourth-order valence-corrected chi connectivity index (χ4v) is 4.40. The van der Waals surface area contributed by atoms with E-state index in [0.29, 0.717) is 11.8 Å². The molecular formula is C15H26N2O3S. The number of thioether (sulfide) groups is 1. The van der Waals surface area contributed by atoms with Gasteiger partial charge in [0.05, 0.1) is 6.42 Å². The maximum Gasteiger partial charge on any atom is 0.317 e. The molecule has 21 heavy (non-hydrogen) atoms. The second-order valence-electron chi connectivity index (χ2n) is 6.06. The van der Waals surface area contributed by atoms with Gasteiger partial charge in [0.1, 0.15) is 0 Å². The highest BCUT2D eigenvalue weighted by Crippen LogP contribution is 2.28. The SMILES string of the molecule is CSC1CCCCC1NC(=O)N1CCCCC1CC(=O)O. The third-order valence-corrected chi connectivity index (χ3v) is 5.78. The number of hydrogen-bond donors (Lipinski definition) is 2. The molecule has 1 saturated carbocycles. The molecule has 2 fully saturated rings. The van der Waals surface area contributed by atoms with Crippen molar-refractivity contribution in [3.63, 3.8) is 0 Å².